The molecule has 0 saturated carbocycles. The van der Waals surface area contributed by atoms with Gasteiger partial charge in [0, 0.05) is 12.6 Å². The van der Waals surface area contributed by atoms with Gasteiger partial charge in [-0.2, -0.15) is 5.10 Å². The maximum atomic E-state index is 14.0. The zero-order chi connectivity index (χ0) is 22.5. The van der Waals surface area contributed by atoms with Crippen molar-refractivity contribution in [1.82, 2.24) is 14.7 Å². The summed E-state index contributed by atoms with van der Waals surface area (Å²) >= 11 is 0. The molecule has 0 radical (unpaired) electrons. The maximum absolute atomic E-state index is 14.0. The second kappa shape index (κ2) is 9.65. The molecule has 0 saturated heterocycles. The number of carbonyl (C=O) groups is 1. The van der Waals surface area contributed by atoms with Crippen molar-refractivity contribution in [2.24, 2.45) is 0 Å². The molecule has 0 aliphatic heterocycles. The zero-order valence-electron chi connectivity index (χ0n) is 18.9. The van der Waals surface area contributed by atoms with Crippen molar-refractivity contribution >= 4 is 5.91 Å². The number of nitrogens with zero attached hydrogens (tertiary/aromatic N) is 3. The molecular weight excluding hydrogens is 394 g/mol. The molecule has 1 atom stereocenters. The zero-order valence-corrected chi connectivity index (χ0v) is 18.9. The van der Waals surface area contributed by atoms with Crippen LogP contribution in [0, 0.1) is 6.92 Å². The van der Waals surface area contributed by atoms with E-state index < -0.39 is 0 Å². The van der Waals surface area contributed by atoms with E-state index in [9.17, 15) is 4.79 Å². The van der Waals surface area contributed by atoms with Gasteiger partial charge in [0.1, 0.15) is 5.69 Å². The Morgan fingerprint density at radius 1 is 0.906 bits per heavy atom. The fourth-order valence-electron chi connectivity index (χ4n) is 4.23. The van der Waals surface area contributed by atoms with E-state index in [4.69, 9.17) is 5.10 Å². The molecule has 4 aromatic rings. The van der Waals surface area contributed by atoms with Crippen molar-refractivity contribution < 1.29 is 4.79 Å². The highest BCUT2D eigenvalue weighted by Gasteiger charge is 2.29. The van der Waals surface area contributed by atoms with Gasteiger partial charge < -0.3 is 4.90 Å². The molecule has 0 spiro atoms. The average Bonchev–Trinajstić information content (AvgIpc) is 3.20. The molecule has 32 heavy (non-hydrogen) atoms. The quantitative estimate of drug-likeness (QED) is 0.342. The first kappa shape index (κ1) is 21.6. The molecule has 0 fully saturated rings. The molecule has 1 amide bonds. The first-order chi connectivity index (χ1) is 15.6. The Hall–Kier alpha value is -3.66. The van der Waals surface area contributed by atoms with Crippen molar-refractivity contribution in [3.05, 3.63) is 108 Å². The van der Waals surface area contributed by atoms with Crippen LogP contribution in [0.25, 0.3) is 16.9 Å². The van der Waals surface area contributed by atoms with E-state index in [2.05, 4.69) is 19.1 Å². The summed E-state index contributed by atoms with van der Waals surface area (Å²) in [5.41, 5.74) is 5.24. The van der Waals surface area contributed by atoms with Crippen LogP contribution in [0.15, 0.2) is 91.0 Å². The molecule has 1 unspecified atom stereocenters. The maximum Gasteiger partial charge on any atom is 0.258 e. The summed E-state index contributed by atoms with van der Waals surface area (Å²) in [6.45, 7) is 4.13. The van der Waals surface area contributed by atoms with Gasteiger partial charge in [0.2, 0.25) is 0 Å². The Bertz CT molecular complexity index is 1170. The number of rotatable bonds is 7. The van der Waals surface area contributed by atoms with E-state index in [1.54, 1.807) is 0 Å². The van der Waals surface area contributed by atoms with Gasteiger partial charge in [0.05, 0.1) is 23.0 Å². The minimum Gasteiger partial charge on any atom is -0.335 e. The summed E-state index contributed by atoms with van der Waals surface area (Å²) in [4.78, 5) is 15.8. The van der Waals surface area contributed by atoms with Gasteiger partial charge in [-0.3, -0.25) is 4.79 Å². The number of benzene rings is 3. The number of hydrogen-bond acceptors (Lipinski definition) is 2. The van der Waals surface area contributed by atoms with Crippen molar-refractivity contribution in [1.29, 1.82) is 0 Å². The van der Waals surface area contributed by atoms with Crippen LogP contribution in [0.5, 0.6) is 0 Å². The first-order valence-corrected chi connectivity index (χ1v) is 11.1. The van der Waals surface area contributed by atoms with Gasteiger partial charge in [0.25, 0.3) is 5.91 Å². The monoisotopic (exact) mass is 423 g/mol. The van der Waals surface area contributed by atoms with E-state index in [1.807, 2.05) is 102 Å². The Morgan fingerprint density at radius 2 is 1.47 bits per heavy atom. The standard InChI is InChI=1S/C28H29N3O/c1-4-14-25(22-15-8-5-9-16-22)30(3)28(32)26-21(2)31(24-19-12-7-13-20-24)29-27(26)23-17-10-6-11-18-23/h5-13,15-20,25H,4,14H2,1-3H3. The van der Waals surface area contributed by atoms with E-state index >= 15 is 0 Å². The lowest BCUT2D eigenvalue weighted by atomic mass is 9.99. The van der Waals surface area contributed by atoms with Gasteiger partial charge >= 0.3 is 0 Å². The molecule has 162 valence electrons. The molecule has 4 nitrogen and oxygen atoms in total. The molecule has 4 heteroatoms. The van der Waals surface area contributed by atoms with Gasteiger partial charge in [-0.15, -0.1) is 0 Å². The largest absolute Gasteiger partial charge is 0.335 e. The molecule has 1 aromatic heterocycles. The highest BCUT2D eigenvalue weighted by atomic mass is 16.2. The van der Waals surface area contributed by atoms with Crippen LogP contribution < -0.4 is 0 Å². The summed E-state index contributed by atoms with van der Waals surface area (Å²) < 4.78 is 1.88. The number of amides is 1. The lowest BCUT2D eigenvalue weighted by Crippen LogP contribution is -2.32. The summed E-state index contributed by atoms with van der Waals surface area (Å²) in [6.07, 6.45) is 1.89. The first-order valence-electron chi connectivity index (χ1n) is 11.1. The SMILES string of the molecule is CCCC(c1ccccc1)N(C)C(=O)c1c(-c2ccccc2)nn(-c2ccccc2)c1C. The van der Waals surface area contributed by atoms with Crippen molar-refractivity contribution in [3.8, 4) is 16.9 Å². The summed E-state index contributed by atoms with van der Waals surface area (Å²) in [5.74, 6) is -0.00848. The molecule has 0 aliphatic carbocycles. The van der Waals surface area contributed by atoms with Crippen LogP contribution in [0.3, 0.4) is 0 Å². The molecule has 0 aliphatic rings. The van der Waals surface area contributed by atoms with Gasteiger partial charge in [-0.1, -0.05) is 92.2 Å². The summed E-state index contributed by atoms with van der Waals surface area (Å²) in [6, 6.07) is 30.2. The van der Waals surface area contributed by atoms with Crippen LogP contribution in [-0.2, 0) is 0 Å². The van der Waals surface area contributed by atoms with Crippen LogP contribution in [0.4, 0.5) is 0 Å². The number of carbonyl (C=O) groups excluding carboxylic acids is 1. The second-order valence-electron chi connectivity index (χ2n) is 8.05. The van der Waals surface area contributed by atoms with E-state index in [0.717, 1.165) is 35.3 Å². The average molecular weight is 424 g/mol. The number of aromatic nitrogens is 2. The predicted octanol–water partition coefficient (Wildman–Crippen LogP) is 6.46. The third kappa shape index (κ3) is 4.22. The molecule has 4 rings (SSSR count). The summed E-state index contributed by atoms with van der Waals surface area (Å²) in [5, 5.41) is 4.90. The van der Waals surface area contributed by atoms with Crippen LogP contribution in [0.2, 0.25) is 0 Å². The number of para-hydroxylation sites is 1. The topological polar surface area (TPSA) is 38.1 Å². The Balaban J connectivity index is 1.82. The predicted molar refractivity (Wildman–Crippen MR) is 130 cm³/mol. The van der Waals surface area contributed by atoms with E-state index in [0.29, 0.717) is 11.3 Å². The minimum atomic E-state index is -0.00848. The van der Waals surface area contributed by atoms with E-state index in [-0.39, 0.29) is 11.9 Å². The van der Waals surface area contributed by atoms with Crippen LogP contribution in [-0.4, -0.2) is 27.6 Å². The van der Waals surface area contributed by atoms with Crippen LogP contribution in [0.1, 0.15) is 47.4 Å². The molecule has 0 bridgehead atoms. The smallest absolute Gasteiger partial charge is 0.258 e. The molecule has 0 N–H and O–H groups in total. The minimum absolute atomic E-state index is 0.00848. The lowest BCUT2D eigenvalue weighted by molar-refractivity contribution is 0.0721. The van der Waals surface area contributed by atoms with Crippen LogP contribution >= 0.6 is 0 Å². The molecule has 1 heterocycles. The summed E-state index contributed by atoms with van der Waals surface area (Å²) in [7, 11) is 1.91. The lowest BCUT2D eigenvalue weighted by Gasteiger charge is -2.29. The Morgan fingerprint density at radius 3 is 2.06 bits per heavy atom. The fraction of sp³-hybridized carbons (Fsp3) is 0.214. The van der Waals surface area contributed by atoms with Gasteiger partial charge in [0.15, 0.2) is 0 Å². The van der Waals surface area contributed by atoms with Crippen molar-refractivity contribution in [2.75, 3.05) is 7.05 Å². The third-order valence-electron chi connectivity index (χ3n) is 5.91. The van der Waals surface area contributed by atoms with Crippen molar-refractivity contribution in [3.63, 3.8) is 0 Å². The van der Waals surface area contributed by atoms with Crippen molar-refractivity contribution in [2.45, 2.75) is 32.7 Å². The van der Waals surface area contributed by atoms with Gasteiger partial charge in [-0.05, 0) is 31.0 Å². The molecular formula is C28H29N3O. The fourth-order valence-corrected chi connectivity index (χ4v) is 4.23. The van der Waals surface area contributed by atoms with Gasteiger partial charge in [-0.25, -0.2) is 4.68 Å². The normalized spacial score (nSPS) is 11.8. The second-order valence-corrected chi connectivity index (χ2v) is 8.05. The molecule has 3 aromatic carbocycles. The number of hydrogen-bond donors (Lipinski definition) is 0. The Labute approximate surface area is 190 Å². The third-order valence-corrected chi connectivity index (χ3v) is 5.91. The highest BCUT2D eigenvalue weighted by Crippen LogP contribution is 2.32. The Kier molecular flexibility index (Phi) is 6.50. The highest BCUT2D eigenvalue weighted by molar-refractivity contribution is 6.01. The van der Waals surface area contributed by atoms with E-state index in [1.165, 1.54) is 0 Å².